The van der Waals surface area contributed by atoms with E-state index in [1.165, 1.54) is 6.07 Å². The molecule has 1 aliphatic heterocycles. The number of ether oxygens (including phenoxy) is 2. The lowest BCUT2D eigenvalue weighted by Crippen LogP contribution is -2.45. The fourth-order valence-electron chi connectivity index (χ4n) is 2.12. The van der Waals surface area contributed by atoms with Crippen LogP contribution in [0.1, 0.15) is 31.3 Å². The van der Waals surface area contributed by atoms with Crippen molar-refractivity contribution in [3.8, 4) is 0 Å². The molecular weight excluding hydrogens is 319 g/mol. The first-order valence-corrected chi connectivity index (χ1v) is 7.54. The molecule has 2 amide bonds. The van der Waals surface area contributed by atoms with Crippen LogP contribution in [0.3, 0.4) is 0 Å². The Bertz CT molecular complexity index is 612. The third-order valence-electron chi connectivity index (χ3n) is 3.08. The van der Waals surface area contributed by atoms with Gasteiger partial charge in [-0.3, -0.25) is 10.2 Å². The predicted octanol–water partition coefficient (Wildman–Crippen LogP) is 1.23. The maximum atomic E-state index is 13.5. The molecule has 9 heteroatoms. The highest BCUT2D eigenvalue weighted by molar-refractivity contribution is 5.98. The van der Waals surface area contributed by atoms with Crippen molar-refractivity contribution >= 4 is 17.7 Å². The Morgan fingerprint density at radius 1 is 1.29 bits per heavy atom. The van der Waals surface area contributed by atoms with Gasteiger partial charge in [-0.05, 0) is 20.8 Å². The summed E-state index contributed by atoms with van der Waals surface area (Å²) in [5, 5.41) is 0. The minimum atomic E-state index is -0.800. The Morgan fingerprint density at radius 3 is 2.58 bits per heavy atom. The van der Waals surface area contributed by atoms with Crippen molar-refractivity contribution in [2.75, 3.05) is 31.2 Å². The van der Waals surface area contributed by atoms with Crippen molar-refractivity contribution in [3.63, 3.8) is 0 Å². The van der Waals surface area contributed by atoms with Crippen molar-refractivity contribution in [2.24, 2.45) is 0 Å². The first kappa shape index (κ1) is 17.9. The molecular formula is C15H21FN4O4. The third-order valence-corrected chi connectivity index (χ3v) is 3.08. The van der Waals surface area contributed by atoms with E-state index < -0.39 is 23.4 Å². The number of nitrogens with zero attached hydrogens (tertiary/aromatic N) is 2. The van der Waals surface area contributed by atoms with Crippen LogP contribution in [0.2, 0.25) is 0 Å². The molecule has 1 aromatic rings. The Labute approximate surface area is 139 Å². The molecule has 1 aliphatic rings. The molecule has 0 unspecified atom stereocenters. The lowest BCUT2D eigenvalue weighted by Gasteiger charge is -2.29. The minimum absolute atomic E-state index is 0.00867. The average molecular weight is 340 g/mol. The smallest absolute Gasteiger partial charge is 0.426 e. The standard InChI is InChI=1S/C15H21FN4O4/c1-15(2,3)24-14(22)19-18-13(21)12-11(8-10(16)9-17-12)20-4-6-23-7-5-20/h8-9H,4-7H2,1-3H3,(H,18,21)(H,19,22). The maximum absolute atomic E-state index is 13.5. The van der Waals surface area contributed by atoms with Gasteiger partial charge in [-0.2, -0.15) is 0 Å². The van der Waals surface area contributed by atoms with Gasteiger partial charge < -0.3 is 14.4 Å². The van der Waals surface area contributed by atoms with Crippen LogP contribution >= 0.6 is 0 Å². The molecule has 0 aromatic carbocycles. The van der Waals surface area contributed by atoms with E-state index in [9.17, 15) is 14.0 Å². The number of pyridine rings is 1. The largest absolute Gasteiger partial charge is 0.443 e. The topological polar surface area (TPSA) is 92.8 Å². The summed E-state index contributed by atoms with van der Waals surface area (Å²) in [5.74, 6) is -1.21. The summed E-state index contributed by atoms with van der Waals surface area (Å²) in [6.45, 7) is 7.10. The Morgan fingerprint density at radius 2 is 1.96 bits per heavy atom. The van der Waals surface area contributed by atoms with Gasteiger partial charge in [-0.1, -0.05) is 0 Å². The van der Waals surface area contributed by atoms with E-state index in [4.69, 9.17) is 9.47 Å². The molecule has 0 saturated carbocycles. The number of hydrazine groups is 1. The van der Waals surface area contributed by atoms with Gasteiger partial charge >= 0.3 is 6.09 Å². The lowest BCUT2D eigenvalue weighted by atomic mass is 10.2. The van der Waals surface area contributed by atoms with Crippen LogP contribution in [0.15, 0.2) is 12.3 Å². The van der Waals surface area contributed by atoms with E-state index in [1.807, 2.05) is 4.90 Å². The summed E-state index contributed by atoms with van der Waals surface area (Å²) >= 11 is 0. The Hall–Kier alpha value is -2.42. The Kier molecular flexibility index (Phi) is 5.55. The number of nitrogens with one attached hydrogen (secondary N) is 2. The summed E-state index contributed by atoms with van der Waals surface area (Å²) in [7, 11) is 0. The van der Waals surface area contributed by atoms with Crippen molar-refractivity contribution in [1.29, 1.82) is 0 Å². The Balaban J connectivity index is 2.07. The highest BCUT2D eigenvalue weighted by atomic mass is 19.1. The summed E-state index contributed by atoms with van der Waals surface area (Å²) in [5.41, 5.74) is 4.02. The zero-order chi connectivity index (χ0) is 17.7. The quantitative estimate of drug-likeness (QED) is 0.787. The van der Waals surface area contributed by atoms with Crippen molar-refractivity contribution in [2.45, 2.75) is 26.4 Å². The number of anilines is 1. The third kappa shape index (κ3) is 5.05. The SMILES string of the molecule is CC(C)(C)OC(=O)NNC(=O)c1ncc(F)cc1N1CCOCC1. The number of morpholine rings is 1. The molecule has 2 heterocycles. The predicted molar refractivity (Wildman–Crippen MR) is 84.1 cm³/mol. The fourth-order valence-corrected chi connectivity index (χ4v) is 2.12. The number of carbonyl (C=O) groups excluding carboxylic acids is 2. The number of aromatic nitrogens is 1. The summed E-state index contributed by atoms with van der Waals surface area (Å²) in [6.07, 6.45) is 0.151. The maximum Gasteiger partial charge on any atom is 0.426 e. The minimum Gasteiger partial charge on any atom is -0.443 e. The van der Waals surface area contributed by atoms with Gasteiger partial charge in [0.15, 0.2) is 5.69 Å². The van der Waals surface area contributed by atoms with E-state index in [0.29, 0.717) is 32.0 Å². The lowest BCUT2D eigenvalue weighted by molar-refractivity contribution is 0.0483. The number of hydrogen-bond donors (Lipinski definition) is 2. The van der Waals surface area contributed by atoms with Crippen LogP contribution < -0.4 is 15.8 Å². The molecule has 0 radical (unpaired) electrons. The van der Waals surface area contributed by atoms with Gasteiger partial charge in [-0.15, -0.1) is 0 Å². The number of hydrogen-bond acceptors (Lipinski definition) is 6. The van der Waals surface area contributed by atoms with E-state index in [0.717, 1.165) is 6.20 Å². The number of amides is 2. The van der Waals surface area contributed by atoms with E-state index in [-0.39, 0.29) is 5.69 Å². The van der Waals surface area contributed by atoms with E-state index >= 15 is 0 Å². The zero-order valence-electron chi connectivity index (χ0n) is 13.9. The monoisotopic (exact) mass is 340 g/mol. The second kappa shape index (κ2) is 7.43. The first-order valence-electron chi connectivity index (χ1n) is 7.54. The molecule has 1 saturated heterocycles. The second-order valence-electron chi connectivity index (χ2n) is 6.20. The molecule has 0 atom stereocenters. The van der Waals surface area contributed by atoms with E-state index in [1.54, 1.807) is 20.8 Å². The highest BCUT2D eigenvalue weighted by Gasteiger charge is 2.22. The first-order chi connectivity index (χ1) is 11.3. The van der Waals surface area contributed by atoms with Gasteiger partial charge in [0.2, 0.25) is 0 Å². The summed E-state index contributed by atoms with van der Waals surface area (Å²) in [6, 6.07) is 1.24. The molecule has 1 aromatic heterocycles. The summed E-state index contributed by atoms with van der Waals surface area (Å²) < 4.78 is 23.8. The number of rotatable bonds is 2. The zero-order valence-corrected chi connectivity index (χ0v) is 13.9. The fraction of sp³-hybridized carbons (Fsp3) is 0.533. The van der Waals surface area contributed by atoms with Gasteiger partial charge in [0.1, 0.15) is 11.4 Å². The molecule has 2 N–H and O–H groups in total. The average Bonchev–Trinajstić information content (AvgIpc) is 2.52. The normalized spacial score (nSPS) is 14.9. The number of halogens is 1. The molecule has 2 rings (SSSR count). The van der Waals surface area contributed by atoms with Gasteiger partial charge in [0.25, 0.3) is 5.91 Å². The highest BCUT2D eigenvalue weighted by Crippen LogP contribution is 2.21. The number of carbonyl (C=O) groups is 2. The van der Waals surface area contributed by atoms with Crippen LogP contribution in [-0.2, 0) is 9.47 Å². The molecule has 8 nitrogen and oxygen atoms in total. The molecule has 0 spiro atoms. The summed E-state index contributed by atoms with van der Waals surface area (Å²) in [4.78, 5) is 29.5. The van der Waals surface area contributed by atoms with E-state index in [2.05, 4.69) is 15.8 Å². The van der Waals surface area contributed by atoms with Gasteiger partial charge in [0.05, 0.1) is 25.1 Å². The van der Waals surface area contributed by atoms with Gasteiger partial charge in [0, 0.05) is 19.2 Å². The van der Waals surface area contributed by atoms with Gasteiger partial charge in [-0.25, -0.2) is 19.6 Å². The second-order valence-corrected chi connectivity index (χ2v) is 6.20. The van der Waals surface area contributed by atoms with Crippen molar-refractivity contribution in [1.82, 2.24) is 15.8 Å². The molecule has 1 fully saturated rings. The van der Waals surface area contributed by atoms with Crippen molar-refractivity contribution in [3.05, 3.63) is 23.8 Å². The van der Waals surface area contributed by atoms with Crippen LogP contribution in [0, 0.1) is 5.82 Å². The molecule has 24 heavy (non-hydrogen) atoms. The van der Waals surface area contributed by atoms with Crippen molar-refractivity contribution < 1.29 is 23.5 Å². The van der Waals surface area contributed by atoms with Crippen LogP contribution in [0.4, 0.5) is 14.9 Å². The van der Waals surface area contributed by atoms with Crippen LogP contribution in [0.25, 0.3) is 0 Å². The molecule has 132 valence electrons. The van der Waals surface area contributed by atoms with Crippen LogP contribution in [-0.4, -0.2) is 48.9 Å². The molecule has 0 aliphatic carbocycles. The molecule has 0 bridgehead atoms. The van der Waals surface area contributed by atoms with Crippen LogP contribution in [0.5, 0.6) is 0 Å².